The molecule has 3 aromatic rings. The summed E-state index contributed by atoms with van der Waals surface area (Å²) in [5.74, 6) is 7.08. The van der Waals surface area contributed by atoms with E-state index in [0.29, 0.717) is 0 Å². The van der Waals surface area contributed by atoms with E-state index in [2.05, 4.69) is 37.0 Å². The Morgan fingerprint density at radius 3 is 2.64 bits per heavy atom. The predicted molar refractivity (Wildman–Crippen MR) is 99.3 cm³/mol. The lowest BCUT2D eigenvalue weighted by molar-refractivity contribution is 0.287. The molecule has 0 amide bonds. The van der Waals surface area contributed by atoms with Gasteiger partial charge in [0, 0.05) is 31.7 Å². The Balaban J connectivity index is 1.36. The summed E-state index contributed by atoms with van der Waals surface area (Å²) in [4.78, 5) is 13.4. The number of nitrogens with zero attached hydrogens (tertiary/aromatic N) is 4. The Bertz CT molecular complexity index is 918. The molecule has 3 heterocycles. The Morgan fingerprint density at radius 2 is 1.84 bits per heavy atom. The minimum Gasteiger partial charge on any atom is -0.353 e. The Morgan fingerprint density at radius 1 is 1.04 bits per heavy atom. The average molecular weight is 352 g/mol. The molecule has 126 valence electrons. The van der Waals surface area contributed by atoms with Crippen molar-refractivity contribution in [1.29, 1.82) is 0 Å². The second-order valence-electron chi connectivity index (χ2n) is 5.90. The third kappa shape index (κ3) is 3.63. The Hall–Kier alpha value is -2.49. The summed E-state index contributed by atoms with van der Waals surface area (Å²) in [6, 6.07) is 8.33. The lowest BCUT2D eigenvalue weighted by Crippen LogP contribution is -2.46. The van der Waals surface area contributed by atoms with Gasteiger partial charge in [0.05, 0.1) is 16.8 Å². The topological polar surface area (TPSA) is 32.3 Å². The standard InChI is InChI=1S/C19H17FN4S/c20-16-5-3-15(4-6-16)2-1-8-23-9-11-24(12-10-23)19-18-17(7-13-25-18)21-14-22-19/h3-7,13-14H,8-12H2. The number of anilines is 1. The largest absolute Gasteiger partial charge is 0.353 e. The summed E-state index contributed by atoms with van der Waals surface area (Å²) < 4.78 is 14.0. The SMILES string of the molecule is Fc1ccc(C#CCN2CCN(c3ncnc4ccsc34)CC2)cc1. The van der Waals surface area contributed by atoms with Crippen molar-refractivity contribution >= 4 is 27.4 Å². The van der Waals surface area contributed by atoms with E-state index in [1.807, 2.05) is 6.07 Å². The molecule has 4 nitrogen and oxygen atoms in total. The van der Waals surface area contributed by atoms with Crippen LogP contribution in [0.25, 0.3) is 10.2 Å². The normalized spacial score (nSPS) is 15.2. The van der Waals surface area contributed by atoms with Gasteiger partial charge in [0.2, 0.25) is 0 Å². The molecule has 0 radical (unpaired) electrons. The van der Waals surface area contributed by atoms with E-state index in [0.717, 1.165) is 54.3 Å². The van der Waals surface area contributed by atoms with E-state index in [1.165, 1.54) is 12.1 Å². The quantitative estimate of drug-likeness (QED) is 0.664. The first-order valence-electron chi connectivity index (χ1n) is 8.19. The highest BCUT2D eigenvalue weighted by Gasteiger charge is 2.19. The van der Waals surface area contributed by atoms with Gasteiger partial charge in [-0.15, -0.1) is 11.3 Å². The first kappa shape index (κ1) is 16.0. The van der Waals surface area contributed by atoms with Crippen LogP contribution in [-0.2, 0) is 0 Å². The van der Waals surface area contributed by atoms with Crippen molar-refractivity contribution in [3.63, 3.8) is 0 Å². The van der Waals surface area contributed by atoms with Gasteiger partial charge < -0.3 is 4.90 Å². The number of hydrogen-bond acceptors (Lipinski definition) is 5. The van der Waals surface area contributed by atoms with Gasteiger partial charge in [-0.05, 0) is 35.7 Å². The third-order valence-corrected chi connectivity index (χ3v) is 5.18. The molecule has 1 aromatic carbocycles. The zero-order valence-electron chi connectivity index (χ0n) is 13.7. The molecule has 0 atom stereocenters. The van der Waals surface area contributed by atoms with Gasteiger partial charge in [-0.2, -0.15) is 0 Å². The molecular formula is C19H17FN4S. The van der Waals surface area contributed by atoms with E-state index >= 15 is 0 Å². The van der Waals surface area contributed by atoms with E-state index in [9.17, 15) is 4.39 Å². The number of benzene rings is 1. The first-order valence-corrected chi connectivity index (χ1v) is 9.07. The van der Waals surface area contributed by atoms with Gasteiger partial charge in [-0.1, -0.05) is 11.8 Å². The first-order chi connectivity index (χ1) is 12.3. The summed E-state index contributed by atoms with van der Waals surface area (Å²) in [5, 5.41) is 2.06. The van der Waals surface area contributed by atoms with Crippen molar-refractivity contribution < 1.29 is 4.39 Å². The summed E-state index contributed by atoms with van der Waals surface area (Å²) in [6.07, 6.45) is 1.64. The zero-order chi connectivity index (χ0) is 17.1. The third-order valence-electron chi connectivity index (χ3n) is 4.28. The van der Waals surface area contributed by atoms with Crippen molar-refractivity contribution in [1.82, 2.24) is 14.9 Å². The molecule has 1 fully saturated rings. The van der Waals surface area contributed by atoms with Crippen LogP contribution in [0.4, 0.5) is 10.2 Å². The molecule has 1 aliphatic rings. The maximum Gasteiger partial charge on any atom is 0.150 e. The Kier molecular flexibility index (Phi) is 4.59. The van der Waals surface area contributed by atoms with Gasteiger partial charge in [0.1, 0.15) is 18.0 Å². The van der Waals surface area contributed by atoms with Crippen LogP contribution in [0.15, 0.2) is 42.0 Å². The summed E-state index contributed by atoms with van der Waals surface area (Å²) in [7, 11) is 0. The van der Waals surface area contributed by atoms with Crippen LogP contribution >= 0.6 is 11.3 Å². The molecule has 25 heavy (non-hydrogen) atoms. The van der Waals surface area contributed by atoms with Crippen LogP contribution in [0, 0.1) is 17.7 Å². The van der Waals surface area contributed by atoms with Crippen molar-refractivity contribution in [2.24, 2.45) is 0 Å². The number of rotatable bonds is 2. The average Bonchev–Trinajstić information content (AvgIpc) is 3.13. The molecule has 0 saturated carbocycles. The number of halogens is 1. The molecule has 1 aliphatic heterocycles. The molecule has 0 spiro atoms. The van der Waals surface area contributed by atoms with Gasteiger partial charge in [-0.25, -0.2) is 14.4 Å². The summed E-state index contributed by atoms with van der Waals surface area (Å²) in [6.45, 7) is 4.50. The fourth-order valence-corrected chi connectivity index (χ4v) is 3.77. The van der Waals surface area contributed by atoms with Gasteiger partial charge >= 0.3 is 0 Å². The van der Waals surface area contributed by atoms with Crippen molar-refractivity contribution in [2.45, 2.75) is 0 Å². The van der Waals surface area contributed by atoms with Gasteiger partial charge in [0.25, 0.3) is 0 Å². The monoisotopic (exact) mass is 352 g/mol. The minimum absolute atomic E-state index is 0.230. The van der Waals surface area contributed by atoms with E-state index in [1.54, 1.807) is 29.8 Å². The van der Waals surface area contributed by atoms with Gasteiger partial charge in [-0.3, -0.25) is 4.90 Å². The number of hydrogen-bond donors (Lipinski definition) is 0. The highest BCUT2D eigenvalue weighted by molar-refractivity contribution is 7.17. The lowest BCUT2D eigenvalue weighted by Gasteiger charge is -2.34. The van der Waals surface area contributed by atoms with Crippen molar-refractivity contribution in [2.75, 3.05) is 37.6 Å². The predicted octanol–water partition coefficient (Wildman–Crippen LogP) is 3.00. The second kappa shape index (κ2) is 7.18. The van der Waals surface area contributed by atoms with E-state index in [-0.39, 0.29) is 5.82 Å². The lowest BCUT2D eigenvalue weighted by atomic mass is 10.2. The number of fused-ring (bicyclic) bond motifs is 1. The smallest absolute Gasteiger partial charge is 0.150 e. The van der Waals surface area contributed by atoms with Crippen molar-refractivity contribution in [3.8, 4) is 11.8 Å². The maximum atomic E-state index is 12.9. The van der Waals surface area contributed by atoms with Gasteiger partial charge in [0.15, 0.2) is 0 Å². The van der Waals surface area contributed by atoms with Crippen LogP contribution in [0.1, 0.15) is 5.56 Å². The number of piperazine rings is 1. The minimum atomic E-state index is -0.230. The van der Waals surface area contributed by atoms with Crippen LogP contribution in [0.2, 0.25) is 0 Å². The van der Waals surface area contributed by atoms with E-state index in [4.69, 9.17) is 0 Å². The fourth-order valence-electron chi connectivity index (χ4n) is 2.91. The van der Waals surface area contributed by atoms with Crippen LogP contribution in [-0.4, -0.2) is 47.6 Å². The van der Waals surface area contributed by atoms with Crippen LogP contribution < -0.4 is 4.90 Å². The van der Waals surface area contributed by atoms with Crippen LogP contribution in [0.5, 0.6) is 0 Å². The molecular weight excluding hydrogens is 335 g/mol. The molecule has 0 bridgehead atoms. The maximum absolute atomic E-state index is 12.9. The molecule has 0 unspecified atom stereocenters. The molecule has 2 aromatic heterocycles. The molecule has 4 rings (SSSR count). The summed E-state index contributed by atoms with van der Waals surface area (Å²) >= 11 is 1.69. The summed E-state index contributed by atoms with van der Waals surface area (Å²) in [5.41, 5.74) is 1.86. The number of thiophene rings is 1. The zero-order valence-corrected chi connectivity index (χ0v) is 14.5. The van der Waals surface area contributed by atoms with Crippen molar-refractivity contribution in [3.05, 3.63) is 53.4 Å². The molecule has 0 aliphatic carbocycles. The second-order valence-corrected chi connectivity index (χ2v) is 6.82. The molecule has 6 heteroatoms. The highest BCUT2D eigenvalue weighted by Crippen LogP contribution is 2.28. The Labute approximate surface area is 149 Å². The van der Waals surface area contributed by atoms with Crippen LogP contribution in [0.3, 0.4) is 0 Å². The van der Waals surface area contributed by atoms with E-state index < -0.39 is 0 Å². The fraction of sp³-hybridized carbons (Fsp3) is 0.263. The highest BCUT2D eigenvalue weighted by atomic mass is 32.1. The molecule has 0 N–H and O–H groups in total. The molecule has 1 saturated heterocycles. The number of aromatic nitrogens is 2.